The molecular weight excluding hydrogens is 344 g/mol. The number of nitrogens with one attached hydrogen (secondary N) is 2. The van der Waals surface area contributed by atoms with Crippen LogP contribution in [0, 0.1) is 6.92 Å². The minimum Gasteiger partial charge on any atom is -0.323 e. The van der Waals surface area contributed by atoms with Gasteiger partial charge < -0.3 is 5.32 Å². The van der Waals surface area contributed by atoms with Crippen molar-refractivity contribution in [2.75, 3.05) is 0 Å². The van der Waals surface area contributed by atoms with Gasteiger partial charge in [-0.05, 0) is 49.8 Å². The molecule has 22 heavy (non-hydrogen) atoms. The second kappa shape index (κ2) is 4.44. The predicted molar refractivity (Wildman–Crippen MR) is 87.6 cm³/mol. The fourth-order valence-corrected chi connectivity index (χ4v) is 4.99. The van der Waals surface area contributed by atoms with Gasteiger partial charge in [-0.1, -0.05) is 39.7 Å². The summed E-state index contributed by atoms with van der Waals surface area (Å²) in [6.45, 7) is 2.10. The first-order valence-corrected chi connectivity index (χ1v) is 8.37. The van der Waals surface area contributed by atoms with Crippen molar-refractivity contribution in [3.63, 3.8) is 0 Å². The molecule has 1 aromatic rings. The number of amides is 3. The van der Waals surface area contributed by atoms with Gasteiger partial charge in [-0.2, -0.15) is 0 Å². The van der Waals surface area contributed by atoms with E-state index < -0.39 is 5.54 Å². The first-order chi connectivity index (χ1) is 10.5. The lowest BCUT2D eigenvalue weighted by Gasteiger charge is -2.42. The average molecular weight is 361 g/mol. The number of fused-ring (bicyclic) bond motifs is 2. The first-order valence-electron chi connectivity index (χ1n) is 7.58. The molecule has 4 nitrogen and oxygen atoms in total. The topological polar surface area (TPSA) is 58.2 Å². The molecule has 5 heteroatoms. The van der Waals surface area contributed by atoms with Crippen LogP contribution in [0.1, 0.15) is 42.4 Å². The lowest BCUT2D eigenvalue weighted by atomic mass is 9.65. The van der Waals surface area contributed by atoms with E-state index in [0.717, 1.165) is 12.8 Å². The minimum atomic E-state index is -0.705. The van der Waals surface area contributed by atoms with Crippen molar-refractivity contribution >= 4 is 33.9 Å². The van der Waals surface area contributed by atoms with E-state index in [1.54, 1.807) is 0 Å². The Morgan fingerprint density at radius 1 is 1.14 bits per heavy atom. The van der Waals surface area contributed by atoms with E-state index in [1.807, 2.05) is 0 Å². The van der Waals surface area contributed by atoms with E-state index in [2.05, 4.69) is 57.8 Å². The lowest BCUT2D eigenvalue weighted by Crippen LogP contribution is -2.52. The number of rotatable bonds is 0. The van der Waals surface area contributed by atoms with Gasteiger partial charge in [0, 0.05) is 9.90 Å². The molecule has 0 atom stereocenters. The summed E-state index contributed by atoms with van der Waals surface area (Å²) < 4.78 is 1.19. The highest BCUT2D eigenvalue weighted by Gasteiger charge is 2.54. The third kappa shape index (κ3) is 1.75. The van der Waals surface area contributed by atoms with Crippen LogP contribution < -0.4 is 10.6 Å². The van der Waals surface area contributed by atoms with Crippen molar-refractivity contribution in [1.29, 1.82) is 0 Å². The number of hydrogen-bond acceptors (Lipinski definition) is 2. The highest BCUT2D eigenvalue weighted by Crippen LogP contribution is 2.55. The van der Waals surface area contributed by atoms with Crippen molar-refractivity contribution in [3.8, 4) is 0 Å². The van der Waals surface area contributed by atoms with E-state index in [1.165, 1.54) is 21.2 Å². The molecule has 4 rings (SSSR count). The molecule has 1 saturated carbocycles. The molecule has 0 aromatic heterocycles. The summed E-state index contributed by atoms with van der Waals surface area (Å²) in [5, 5.41) is 5.22. The largest absolute Gasteiger partial charge is 0.323 e. The summed E-state index contributed by atoms with van der Waals surface area (Å²) in [5.41, 5.74) is 3.11. The molecule has 2 spiro atoms. The zero-order chi connectivity index (χ0) is 15.5. The number of allylic oxidation sites excluding steroid dienone is 1. The van der Waals surface area contributed by atoms with Gasteiger partial charge >= 0.3 is 6.03 Å². The van der Waals surface area contributed by atoms with Crippen LogP contribution in [-0.4, -0.2) is 17.5 Å². The molecule has 0 radical (unpaired) electrons. The minimum absolute atomic E-state index is 0.0398. The Balaban J connectivity index is 1.68. The van der Waals surface area contributed by atoms with Gasteiger partial charge in [0.2, 0.25) is 0 Å². The van der Waals surface area contributed by atoms with E-state index in [4.69, 9.17) is 0 Å². The number of urea groups is 1. The zero-order valence-electron chi connectivity index (χ0n) is 12.3. The van der Waals surface area contributed by atoms with Crippen LogP contribution in [-0.2, 0) is 10.2 Å². The quantitative estimate of drug-likeness (QED) is 0.698. The van der Waals surface area contributed by atoms with Gasteiger partial charge in [-0.15, -0.1) is 0 Å². The number of hydrogen-bond donors (Lipinski definition) is 2. The number of imide groups is 1. The summed E-state index contributed by atoms with van der Waals surface area (Å²) in [6, 6.07) is 6.20. The summed E-state index contributed by atoms with van der Waals surface area (Å²) in [4.78, 5) is 23.6. The van der Waals surface area contributed by atoms with Crippen LogP contribution in [0.2, 0.25) is 0 Å². The number of benzene rings is 1. The second-order valence-corrected chi connectivity index (χ2v) is 7.51. The van der Waals surface area contributed by atoms with Gasteiger partial charge in [0.15, 0.2) is 0 Å². The van der Waals surface area contributed by atoms with Crippen LogP contribution >= 0.6 is 15.9 Å². The number of carbonyl (C=O) groups excluding carboxylic acids is 2. The van der Waals surface area contributed by atoms with Crippen LogP contribution in [0.4, 0.5) is 4.79 Å². The van der Waals surface area contributed by atoms with Crippen molar-refractivity contribution in [1.82, 2.24) is 10.6 Å². The zero-order valence-corrected chi connectivity index (χ0v) is 13.9. The summed E-state index contributed by atoms with van der Waals surface area (Å²) in [7, 11) is 0. The fourth-order valence-electron chi connectivity index (χ4n) is 4.13. The van der Waals surface area contributed by atoms with Crippen LogP contribution in [0.15, 0.2) is 22.7 Å². The van der Waals surface area contributed by atoms with E-state index in [0.29, 0.717) is 12.8 Å². The molecule has 1 aliphatic heterocycles. The van der Waals surface area contributed by atoms with Crippen molar-refractivity contribution in [2.24, 2.45) is 0 Å². The van der Waals surface area contributed by atoms with Crippen molar-refractivity contribution < 1.29 is 9.59 Å². The first kappa shape index (κ1) is 14.0. The van der Waals surface area contributed by atoms with E-state index in [9.17, 15) is 9.59 Å². The molecule has 0 unspecified atom stereocenters. The normalized spacial score (nSPS) is 32.9. The second-order valence-electron chi connectivity index (χ2n) is 6.66. The molecule has 2 aliphatic carbocycles. The molecular formula is C17H17BrN2O2. The van der Waals surface area contributed by atoms with Gasteiger partial charge in [0.1, 0.15) is 5.54 Å². The summed E-state index contributed by atoms with van der Waals surface area (Å²) in [6.07, 6.45) is 5.25. The van der Waals surface area contributed by atoms with Crippen molar-refractivity contribution in [3.05, 3.63) is 39.4 Å². The van der Waals surface area contributed by atoms with Gasteiger partial charge in [-0.25, -0.2) is 4.79 Å². The van der Waals surface area contributed by atoms with Gasteiger partial charge in [0.05, 0.1) is 0 Å². The molecule has 3 aliphatic rings. The Morgan fingerprint density at radius 3 is 2.50 bits per heavy atom. The molecule has 2 N–H and O–H groups in total. The lowest BCUT2D eigenvalue weighted by molar-refractivity contribution is -0.125. The molecule has 0 bridgehead atoms. The summed E-state index contributed by atoms with van der Waals surface area (Å²) in [5.74, 6) is -0.172. The molecule has 2 fully saturated rings. The van der Waals surface area contributed by atoms with Crippen LogP contribution in [0.25, 0.3) is 6.08 Å². The Hall–Kier alpha value is -1.62. The Morgan fingerprint density at radius 2 is 1.86 bits per heavy atom. The molecule has 1 saturated heterocycles. The molecule has 3 amide bonds. The smallest absolute Gasteiger partial charge is 0.322 e. The maximum Gasteiger partial charge on any atom is 0.322 e. The van der Waals surface area contributed by atoms with Crippen LogP contribution in [0.3, 0.4) is 0 Å². The summed E-state index contributed by atoms with van der Waals surface area (Å²) >= 11 is 3.76. The standard InChI is InChI=1S/C17H17BrN2O2/c1-10-2-3-12-11(8-10)9-13(18)16(12)4-6-17(7-5-16)14(21)19-15(22)20-17/h2-3,8-9H,4-7H2,1H3,(H2,19,20,21,22). The number of aryl methyl sites for hydroxylation is 1. The third-order valence-electron chi connectivity index (χ3n) is 5.43. The number of halogens is 1. The Labute approximate surface area is 137 Å². The van der Waals surface area contributed by atoms with Gasteiger partial charge in [0.25, 0.3) is 5.91 Å². The van der Waals surface area contributed by atoms with E-state index >= 15 is 0 Å². The maximum absolute atomic E-state index is 12.1. The Bertz CT molecular complexity index is 730. The average Bonchev–Trinajstić information content (AvgIpc) is 2.88. The third-order valence-corrected chi connectivity index (χ3v) is 6.42. The number of carbonyl (C=O) groups is 2. The predicted octanol–water partition coefficient (Wildman–Crippen LogP) is 3.13. The Kier molecular flexibility index (Phi) is 2.83. The monoisotopic (exact) mass is 360 g/mol. The van der Waals surface area contributed by atoms with Crippen molar-refractivity contribution in [2.45, 2.75) is 43.6 Å². The highest BCUT2D eigenvalue weighted by atomic mass is 79.9. The highest BCUT2D eigenvalue weighted by molar-refractivity contribution is 9.11. The SMILES string of the molecule is Cc1ccc2c(c1)C=C(Br)C21CCC2(CC1)NC(=O)NC2=O. The maximum atomic E-state index is 12.1. The van der Waals surface area contributed by atoms with Gasteiger partial charge in [-0.3, -0.25) is 10.1 Å². The molecule has 1 heterocycles. The molecule has 1 aromatic carbocycles. The van der Waals surface area contributed by atoms with Crippen LogP contribution in [0.5, 0.6) is 0 Å². The molecule has 114 valence electrons. The van der Waals surface area contributed by atoms with E-state index in [-0.39, 0.29) is 17.4 Å². The fraction of sp³-hybridized carbons (Fsp3) is 0.412.